The van der Waals surface area contributed by atoms with Gasteiger partial charge in [-0.25, -0.2) is 5.43 Å². The SMILES string of the molecule is CCOc1ccc(-n2c(SCC(=O)NN=Cc3ccc(SC)cc3)nnc2-c2ccc(Cl)cc2)cc1. The van der Waals surface area contributed by atoms with E-state index < -0.39 is 0 Å². The maximum atomic E-state index is 12.4. The number of nitrogens with zero attached hydrogens (tertiary/aromatic N) is 4. The molecule has 1 aromatic heterocycles. The van der Waals surface area contributed by atoms with Gasteiger partial charge in [-0.15, -0.1) is 22.0 Å². The highest BCUT2D eigenvalue weighted by molar-refractivity contribution is 7.99. The normalized spacial score (nSPS) is 11.1. The number of carbonyl (C=O) groups is 1. The van der Waals surface area contributed by atoms with E-state index in [1.54, 1.807) is 30.1 Å². The topological polar surface area (TPSA) is 81.4 Å². The first kappa shape index (κ1) is 25.8. The summed E-state index contributed by atoms with van der Waals surface area (Å²) in [5.74, 6) is 1.30. The average molecular weight is 538 g/mol. The summed E-state index contributed by atoms with van der Waals surface area (Å²) in [7, 11) is 0. The number of aromatic nitrogens is 3. The Morgan fingerprint density at radius 1 is 1.06 bits per heavy atom. The number of hydrogen-bond acceptors (Lipinski definition) is 7. The van der Waals surface area contributed by atoms with Gasteiger partial charge < -0.3 is 4.74 Å². The minimum atomic E-state index is -0.244. The van der Waals surface area contributed by atoms with Gasteiger partial charge in [0.05, 0.1) is 18.6 Å². The number of thioether (sulfide) groups is 2. The van der Waals surface area contributed by atoms with Crippen LogP contribution in [0.15, 0.2) is 87.9 Å². The Bertz CT molecular complexity index is 1320. The Hall–Kier alpha value is -3.27. The van der Waals surface area contributed by atoms with E-state index in [0.717, 1.165) is 22.6 Å². The van der Waals surface area contributed by atoms with Crippen molar-refractivity contribution < 1.29 is 9.53 Å². The van der Waals surface area contributed by atoms with Crippen molar-refractivity contribution in [1.29, 1.82) is 0 Å². The van der Waals surface area contributed by atoms with Crippen molar-refractivity contribution >= 4 is 47.2 Å². The summed E-state index contributed by atoms with van der Waals surface area (Å²) in [5, 5.41) is 14.0. The predicted octanol–water partition coefficient (Wildman–Crippen LogP) is 5.95. The molecule has 1 amide bonds. The number of halogens is 1. The van der Waals surface area contributed by atoms with Crippen LogP contribution in [0.4, 0.5) is 0 Å². The minimum absolute atomic E-state index is 0.124. The Balaban J connectivity index is 1.50. The van der Waals surface area contributed by atoms with Crippen LogP contribution in [0.1, 0.15) is 12.5 Å². The summed E-state index contributed by atoms with van der Waals surface area (Å²) in [6.45, 7) is 2.53. The van der Waals surface area contributed by atoms with E-state index in [9.17, 15) is 4.79 Å². The smallest absolute Gasteiger partial charge is 0.250 e. The molecule has 0 unspecified atom stereocenters. The van der Waals surface area contributed by atoms with Crippen molar-refractivity contribution in [2.75, 3.05) is 18.6 Å². The van der Waals surface area contributed by atoms with Crippen LogP contribution >= 0.6 is 35.1 Å². The second kappa shape index (κ2) is 12.6. The van der Waals surface area contributed by atoms with Crippen LogP contribution in [0.5, 0.6) is 5.75 Å². The van der Waals surface area contributed by atoms with Crippen molar-refractivity contribution in [1.82, 2.24) is 20.2 Å². The van der Waals surface area contributed by atoms with E-state index in [1.807, 2.05) is 78.4 Å². The highest BCUT2D eigenvalue weighted by Gasteiger charge is 2.17. The molecule has 0 aliphatic heterocycles. The molecule has 4 aromatic rings. The van der Waals surface area contributed by atoms with Gasteiger partial charge in [0.25, 0.3) is 5.91 Å². The third-order valence-electron chi connectivity index (χ3n) is 4.99. The molecule has 10 heteroatoms. The molecule has 0 bridgehead atoms. The Kier molecular flexibility index (Phi) is 9.05. The summed E-state index contributed by atoms with van der Waals surface area (Å²) in [6.07, 6.45) is 3.64. The van der Waals surface area contributed by atoms with Gasteiger partial charge in [-0.05, 0) is 79.4 Å². The van der Waals surface area contributed by atoms with E-state index in [1.165, 1.54) is 16.7 Å². The van der Waals surface area contributed by atoms with Gasteiger partial charge in [-0.1, -0.05) is 35.5 Å². The fourth-order valence-corrected chi connectivity index (χ4v) is 4.55. The lowest BCUT2D eigenvalue weighted by Crippen LogP contribution is -2.20. The number of carbonyl (C=O) groups excluding carboxylic acids is 1. The van der Waals surface area contributed by atoms with Gasteiger partial charge in [0.1, 0.15) is 5.75 Å². The van der Waals surface area contributed by atoms with Gasteiger partial charge in [-0.3, -0.25) is 9.36 Å². The van der Waals surface area contributed by atoms with Crippen LogP contribution in [-0.4, -0.2) is 45.5 Å². The minimum Gasteiger partial charge on any atom is -0.494 e. The largest absolute Gasteiger partial charge is 0.494 e. The van der Waals surface area contributed by atoms with E-state index >= 15 is 0 Å². The third-order valence-corrected chi connectivity index (χ3v) is 6.92. The quantitative estimate of drug-likeness (QED) is 0.153. The number of hydrogen-bond donors (Lipinski definition) is 1. The lowest BCUT2D eigenvalue weighted by molar-refractivity contribution is -0.118. The van der Waals surface area contributed by atoms with E-state index in [0.29, 0.717) is 22.6 Å². The lowest BCUT2D eigenvalue weighted by Gasteiger charge is -2.11. The summed E-state index contributed by atoms with van der Waals surface area (Å²) in [4.78, 5) is 13.6. The molecular formula is C26H24ClN5O2S2. The number of hydrazone groups is 1. The number of nitrogens with one attached hydrogen (secondary N) is 1. The summed E-state index contributed by atoms with van der Waals surface area (Å²) in [6, 6.07) is 23.0. The zero-order chi connectivity index (χ0) is 25.3. The van der Waals surface area contributed by atoms with Gasteiger partial charge in [0.15, 0.2) is 11.0 Å². The summed E-state index contributed by atoms with van der Waals surface area (Å²) in [5.41, 5.74) is 5.18. The van der Waals surface area contributed by atoms with E-state index in [-0.39, 0.29) is 11.7 Å². The third kappa shape index (κ3) is 6.69. The molecule has 36 heavy (non-hydrogen) atoms. The molecule has 1 N–H and O–H groups in total. The van der Waals surface area contributed by atoms with Crippen LogP contribution < -0.4 is 10.2 Å². The fraction of sp³-hybridized carbons (Fsp3) is 0.154. The average Bonchev–Trinajstić information content (AvgIpc) is 3.33. The summed E-state index contributed by atoms with van der Waals surface area (Å²) < 4.78 is 7.48. The van der Waals surface area contributed by atoms with E-state index in [2.05, 4.69) is 20.7 Å². The first-order valence-electron chi connectivity index (χ1n) is 11.1. The predicted molar refractivity (Wildman–Crippen MR) is 148 cm³/mol. The standard InChI is InChI=1S/C26H24ClN5O2S2/c1-3-34-22-12-10-21(11-13-22)32-25(19-6-8-20(27)9-7-19)30-31-26(32)36-17-24(33)29-28-16-18-4-14-23(35-2)15-5-18/h4-16H,3,17H2,1-2H3,(H,29,33). The molecule has 0 saturated carbocycles. The molecule has 0 aliphatic rings. The maximum Gasteiger partial charge on any atom is 0.250 e. The fourth-order valence-electron chi connectivity index (χ4n) is 3.27. The molecule has 0 spiro atoms. The van der Waals surface area contributed by atoms with Crippen molar-refractivity contribution in [3.05, 3.63) is 83.4 Å². The van der Waals surface area contributed by atoms with Crippen molar-refractivity contribution in [2.24, 2.45) is 5.10 Å². The molecule has 3 aromatic carbocycles. The van der Waals surface area contributed by atoms with Gasteiger partial charge >= 0.3 is 0 Å². The van der Waals surface area contributed by atoms with Crippen LogP contribution in [0.3, 0.4) is 0 Å². The molecule has 4 rings (SSSR count). The number of ether oxygens (including phenoxy) is 1. The molecule has 1 heterocycles. The molecule has 0 aliphatic carbocycles. The van der Waals surface area contributed by atoms with Crippen LogP contribution in [0, 0.1) is 0 Å². The molecule has 0 radical (unpaired) electrons. The number of amides is 1. The lowest BCUT2D eigenvalue weighted by atomic mass is 10.2. The molecule has 0 atom stereocenters. The van der Waals surface area contributed by atoms with Crippen molar-refractivity contribution in [3.8, 4) is 22.8 Å². The van der Waals surface area contributed by atoms with E-state index in [4.69, 9.17) is 16.3 Å². The molecule has 184 valence electrons. The monoisotopic (exact) mass is 537 g/mol. The summed E-state index contributed by atoms with van der Waals surface area (Å²) >= 11 is 9.02. The van der Waals surface area contributed by atoms with Crippen LogP contribution in [0.25, 0.3) is 17.1 Å². The zero-order valence-electron chi connectivity index (χ0n) is 19.7. The highest BCUT2D eigenvalue weighted by Crippen LogP contribution is 2.29. The second-order valence-electron chi connectivity index (χ2n) is 7.43. The molecule has 0 fully saturated rings. The maximum absolute atomic E-state index is 12.4. The Morgan fingerprint density at radius 3 is 2.44 bits per heavy atom. The first-order chi connectivity index (χ1) is 17.6. The first-order valence-corrected chi connectivity index (χ1v) is 13.7. The second-order valence-corrected chi connectivity index (χ2v) is 9.69. The van der Waals surface area contributed by atoms with Gasteiger partial charge in [0.2, 0.25) is 0 Å². The molecular weight excluding hydrogens is 514 g/mol. The number of rotatable bonds is 10. The highest BCUT2D eigenvalue weighted by atomic mass is 35.5. The van der Waals surface area contributed by atoms with Crippen LogP contribution in [-0.2, 0) is 4.79 Å². The Labute approximate surface area is 223 Å². The number of benzene rings is 3. The molecule has 0 saturated heterocycles. The van der Waals surface area contributed by atoms with Crippen LogP contribution in [0.2, 0.25) is 5.02 Å². The van der Waals surface area contributed by atoms with Gasteiger partial charge in [0, 0.05) is 21.2 Å². The van der Waals surface area contributed by atoms with Crippen molar-refractivity contribution in [3.63, 3.8) is 0 Å². The van der Waals surface area contributed by atoms with Gasteiger partial charge in [-0.2, -0.15) is 5.10 Å². The van der Waals surface area contributed by atoms with Crippen molar-refractivity contribution in [2.45, 2.75) is 17.0 Å². The Morgan fingerprint density at radius 2 is 1.78 bits per heavy atom. The molecule has 7 nitrogen and oxygen atoms in total. The zero-order valence-corrected chi connectivity index (χ0v) is 22.1.